The quantitative estimate of drug-likeness (QED) is 0.396. The molecule has 0 saturated heterocycles. The van der Waals surface area contributed by atoms with Gasteiger partial charge < -0.3 is 0 Å². The summed E-state index contributed by atoms with van der Waals surface area (Å²) in [5.74, 6) is 0. The molecule has 0 unspecified atom stereocenters. The molecule has 0 rings (SSSR count). The van der Waals surface area contributed by atoms with E-state index in [0.717, 1.165) is 0 Å². The van der Waals surface area contributed by atoms with E-state index in [2.05, 4.69) is 0 Å². The molecule has 1 radical (unpaired) electrons. The van der Waals surface area contributed by atoms with Gasteiger partial charge in [0, 0.05) is 0 Å². The van der Waals surface area contributed by atoms with Gasteiger partial charge >= 0.3 is 81.7 Å². The molecule has 4 nitrogen and oxygen atoms in total. The third-order valence-electron chi connectivity index (χ3n) is 0. The topological polar surface area (TPSA) is 80.3 Å². The van der Waals surface area contributed by atoms with Crippen molar-refractivity contribution in [3.63, 3.8) is 0 Å². The van der Waals surface area contributed by atoms with Crippen LogP contribution in [-0.2, 0) is 54.5 Å². The van der Waals surface area contributed by atoms with Crippen molar-refractivity contribution in [2.24, 2.45) is 0 Å². The van der Waals surface area contributed by atoms with Gasteiger partial charge in [0.05, 0.1) is 0 Å². The Kier molecular flexibility index (Phi) is 24.5. The van der Waals surface area contributed by atoms with Crippen LogP contribution >= 0.6 is 0 Å². The van der Waals surface area contributed by atoms with Crippen LogP contribution in [0.2, 0.25) is 0 Å². The Bertz CT molecular complexity index is 99.2. The third-order valence-corrected chi connectivity index (χ3v) is 0. The van der Waals surface area contributed by atoms with Crippen molar-refractivity contribution in [2.45, 2.75) is 0 Å². The molecule has 0 heterocycles. The summed E-state index contributed by atoms with van der Waals surface area (Å²) >= 11 is -5.75. The molecule has 0 amide bonds. The van der Waals surface area contributed by atoms with E-state index in [0.29, 0.717) is 0 Å². The molecule has 0 N–H and O–H groups in total. The van der Waals surface area contributed by atoms with Crippen LogP contribution in [0.4, 0.5) is 0 Å². The van der Waals surface area contributed by atoms with Gasteiger partial charge in [-0.05, 0) is 0 Å². The van der Waals surface area contributed by atoms with E-state index in [4.69, 9.17) is 15.9 Å². The summed E-state index contributed by atoms with van der Waals surface area (Å²) in [6.45, 7) is 0. The zero-order valence-corrected chi connectivity index (χ0v) is 6.99. The Labute approximate surface area is 81.1 Å². The Morgan fingerprint density at radius 1 is 1.12 bits per heavy atom. The zero-order chi connectivity index (χ0) is 4.50. The van der Waals surface area contributed by atoms with Gasteiger partial charge in [0.15, 0.2) is 0 Å². The number of hydrogen-bond donors (Lipinski definition) is 0. The Morgan fingerprint density at radius 3 is 1.12 bits per heavy atom. The summed E-state index contributed by atoms with van der Waals surface area (Å²) in [6, 6.07) is 0. The van der Waals surface area contributed by atoms with Crippen LogP contribution in [0, 0.1) is 0 Å². The number of rotatable bonds is 0. The van der Waals surface area contributed by atoms with Crippen LogP contribution in [0.3, 0.4) is 0 Å². The summed E-state index contributed by atoms with van der Waals surface area (Å²) in [4.78, 5) is 0. The summed E-state index contributed by atoms with van der Waals surface area (Å²) < 4.78 is 34.4. The molecule has 8 heteroatoms. The van der Waals surface area contributed by atoms with Gasteiger partial charge in [-0.25, -0.2) is 0 Å². The van der Waals surface area contributed by atoms with Crippen LogP contribution in [0.15, 0.2) is 0 Å². The fraction of sp³-hybridized carbons (Fsp3) is 0. The Morgan fingerprint density at radius 2 is 1.12 bits per heavy atom. The predicted octanol–water partition coefficient (Wildman–Crippen LogP) is -5.62. The monoisotopic (exact) mass is 240 g/mol. The van der Waals surface area contributed by atoms with E-state index < -0.39 is 13.6 Å². The van der Waals surface area contributed by atoms with Crippen molar-refractivity contribution in [3.05, 3.63) is 0 Å². The van der Waals surface area contributed by atoms with Crippen molar-refractivity contribution in [2.75, 3.05) is 0 Å². The average Bonchev–Trinajstić information content (AvgIpc) is 0.722. The Hall–Kier alpha value is 1.65. The first kappa shape index (κ1) is 22.6. The second kappa shape index (κ2) is 8.65. The Balaban J connectivity index is -0.0000000267. The zero-order valence-electron chi connectivity index (χ0n) is 3.69. The van der Waals surface area contributed by atoms with Crippen molar-refractivity contribution >= 4 is 0 Å². The van der Waals surface area contributed by atoms with Gasteiger partial charge in [-0.2, -0.15) is 0 Å². The molecule has 8 heavy (non-hydrogen) atoms. The fourth-order valence-corrected chi connectivity index (χ4v) is 0. The number of hydrogen-bond acceptors (Lipinski definition) is 4. The molecule has 0 aliphatic rings. The second-order valence-electron chi connectivity index (χ2n) is 0.408. The summed E-state index contributed by atoms with van der Waals surface area (Å²) in [6.07, 6.45) is 0. The van der Waals surface area contributed by atoms with Gasteiger partial charge in [0.25, 0.3) is 0 Å². The van der Waals surface area contributed by atoms with Gasteiger partial charge in [-0.1, -0.05) is 0 Å². The first-order valence-corrected chi connectivity index (χ1v) is 2.75. The predicted molar refractivity (Wildman–Crippen MR) is 1.37 cm³/mol. The molecule has 0 atom stereocenters. The molecular formula is CoCrLiNiO4+3. The van der Waals surface area contributed by atoms with Crippen LogP contribution in [0.5, 0.6) is 0 Å². The molecule has 0 aliphatic carbocycles. The van der Waals surface area contributed by atoms with E-state index in [1.54, 1.807) is 0 Å². The molecule has 0 aliphatic heterocycles. The van der Waals surface area contributed by atoms with Gasteiger partial charge in [0.1, 0.15) is 0 Å². The van der Waals surface area contributed by atoms with Crippen molar-refractivity contribution < 1.29 is 81.7 Å². The van der Waals surface area contributed by atoms with E-state index >= 15 is 0 Å². The minimum atomic E-state index is -5.75. The van der Waals surface area contributed by atoms with Crippen molar-refractivity contribution in [3.8, 4) is 0 Å². The second-order valence-corrected chi connectivity index (χ2v) is 1.68. The first-order chi connectivity index (χ1) is 2.00. The van der Waals surface area contributed by atoms with Crippen LogP contribution in [0.25, 0.3) is 0 Å². The van der Waals surface area contributed by atoms with E-state index in [1.807, 2.05) is 0 Å². The molecule has 0 aromatic heterocycles. The molecule has 0 saturated carbocycles. The summed E-state index contributed by atoms with van der Waals surface area (Å²) in [5.41, 5.74) is 0. The maximum atomic E-state index is 8.59. The van der Waals surface area contributed by atoms with Gasteiger partial charge in [0.2, 0.25) is 0 Å². The van der Waals surface area contributed by atoms with Crippen LogP contribution in [-0.4, -0.2) is 0 Å². The van der Waals surface area contributed by atoms with Crippen molar-refractivity contribution in [1.29, 1.82) is 0 Å². The summed E-state index contributed by atoms with van der Waals surface area (Å²) in [5, 5.41) is 0. The molecule has 0 spiro atoms. The summed E-state index contributed by atoms with van der Waals surface area (Å²) in [7, 11) is 0. The van der Waals surface area contributed by atoms with Gasteiger partial charge in [-0.3, -0.25) is 0 Å². The molecule has 0 fully saturated rings. The average molecular weight is 241 g/mol. The van der Waals surface area contributed by atoms with E-state index in [1.165, 1.54) is 0 Å². The standard InChI is InChI=1S/Co.Cr.Li.Ni.4O/q+2;;+1;+2;;;2*-1. The fourth-order valence-electron chi connectivity index (χ4n) is 0. The van der Waals surface area contributed by atoms with E-state index in [9.17, 15) is 0 Å². The third kappa shape index (κ3) is 124. The molecule has 0 aromatic carbocycles. The van der Waals surface area contributed by atoms with Crippen molar-refractivity contribution in [1.82, 2.24) is 0 Å². The van der Waals surface area contributed by atoms with Crippen LogP contribution < -0.4 is 27.2 Å². The van der Waals surface area contributed by atoms with Gasteiger partial charge in [-0.15, -0.1) is 0 Å². The SMILES string of the molecule is [Co+2].[Li+].[Ni+2].[O]=[Cr](=[O])([O-])[O-]. The molecule has 0 bridgehead atoms. The van der Waals surface area contributed by atoms with Crippen LogP contribution in [0.1, 0.15) is 0 Å². The molecule has 0 aromatic rings. The first-order valence-electron chi connectivity index (χ1n) is 0.667. The van der Waals surface area contributed by atoms with E-state index in [-0.39, 0.29) is 52.1 Å². The molecule has 47 valence electrons. The maximum absolute atomic E-state index is 8.59. The normalized spacial score (nSPS) is 7.25. The molecular weight excluding hydrogens is 241 g/mol. The minimum absolute atomic E-state index is 0.